The van der Waals surface area contributed by atoms with Gasteiger partial charge in [0.05, 0.1) is 5.69 Å². The molecule has 3 nitrogen and oxygen atoms in total. The predicted molar refractivity (Wildman–Crippen MR) is 88.2 cm³/mol. The van der Waals surface area contributed by atoms with Crippen molar-refractivity contribution in [2.75, 3.05) is 0 Å². The lowest BCUT2D eigenvalue weighted by Gasteiger charge is -2.12. The molecule has 1 aromatic heterocycles. The third kappa shape index (κ3) is 2.67. The minimum absolute atomic E-state index is 0.623. The molecule has 0 atom stereocenters. The fourth-order valence-corrected chi connectivity index (χ4v) is 2.74. The molecule has 3 rings (SSSR count). The minimum atomic E-state index is 0.623. The van der Waals surface area contributed by atoms with Crippen molar-refractivity contribution in [3.63, 3.8) is 0 Å². The number of hydrogen-bond donors (Lipinski definition) is 1. The second kappa shape index (κ2) is 6.06. The van der Waals surface area contributed by atoms with Crippen LogP contribution in [0.25, 0.3) is 17.1 Å². The van der Waals surface area contributed by atoms with Gasteiger partial charge in [-0.1, -0.05) is 61.9 Å². The van der Waals surface area contributed by atoms with E-state index in [2.05, 4.69) is 35.3 Å². The highest BCUT2D eigenvalue weighted by Crippen LogP contribution is 2.24. The Morgan fingerprint density at radius 2 is 1.76 bits per heavy atom. The lowest BCUT2D eigenvalue weighted by molar-refractivity contribution is 0.896. The van der Waals surface area contributed by atoms with E-state index >= 15 is 0 Å². The Morgan fingerprint density at radius 1 is 1.05 bits per heavy atom. The van der Waals surface area contributed by atoms with Crippen LogP contribution in [0.3, 0.4) is 0 Å². The molecule has 0 spiro atoms. The van der Waals surface area contributed by atoms with Gasteiger partial charge in [-0.25, -0.2) is 0 Å². The number of para-hydroxylation sites is 1. The monoisotopic (exact) mass is 295 g/mol. The molecule has 0 bridgehead atoms. The molecule has 0 fully saturated rings. The molecular weight excluding hydrogens is 278 g/mol. The predicted octanol–water partition coefficient (Wildman–Crippen LogP) is 4.55. The van der Waals surface area contributed by atoms with Crippen LogP contribution < -0.4 is 0 Å². The van der Waals surface area contributed by atoms with Crippen LogP contribution in [-0.4, -0.2) is 14.8 Å². The molecule has 21 heavy (non-hydrogen) atoms. The zero-order valence-electron chi connectivity index (χ0n) is 11.9. The Hall–Kier alpha value is -2.20. The Kier molecular flexibility index (Phi) is 3.97. The molecule has 0 amide bonds. The third-order valence-corrected chi connectivity index (χ3v) is 3.73. The molecule has 0 radical (unpaired) electrons. The van der Waals surface area contributed by atoms with Gasteiger partial charge in [0, 0.05) is 5.56 Å². The van der Waals surface area contributed by atoms with Crippen LogP contribution in [0.4, 0.5) is 0 Å². The van der Waals surface area contributed by atoms with E-state index in [-0.39, 0.29) is 0 Å². The van der Waals surface area contributed by atoms with E-state index in [9.17, 15) is 0 Å². The topological polar surface area (TPSA) is 33.6 Å². The van der Waals surface area contributed by atoms with E-state index in [1.54, 1.807) is 0 Å². The number of aromatic amines is 1. The fourth-order valence-electron chi connectivity index (χ4n) is 2.51. The smallest absolute Gasteiger partial charge is 0.200 e. The molecule has 0 saturated carbocycles. The molecule has 0 unspecified atom stereocenters. The number of rotatable bonds is 4. The van der Waals surface area contributed by atoms with E-state index in [0.717, 1.165) is 29.9 Å². The zero-order valence-corrected chi connectivity index (χ0v) is 12.7. The molecule has 106 valence electrons. The number of benzene rings is 2. The molecule has 0 aliphatic heterocycles. The number of H-pyrrole nitrogens is 1. The summed E-state index contributed by atoms with van der Waals surface area (Å²) < 4.78 is 2.65. The van der Waals surface area contributed by atoms with Crippen molar-refractivity contribution in [3.05, 3.63) is 64.9 Å². The molecule has 2 aromatic carbocycles. The normalized spacial score (nSPS) is 10.7. The first-order chi connectivity index (χ1) is 10.3. The van der Waals surface area contributed by atoms with E-state index < -0.39 is 0 Å². The first-order valence-electron chi connectivity index (χ1n) is 7.12. The van der Waals surface area contributed by atoms with Gasteiger partial charge >= 0.3 is 0 Å². The highest BCUT2D eigenvalue weighted by atomic mass is 32.1. The highest BCUT2D eigenvalue weighted by molar-refractivity contribution is 7.71. The summed E-state index contributed by atoms with van der Waals surface area (Å²) in [6.45, 7) is 2.18. The van der Waals surface area contributed by atoms with Crippen LogP contribution in [0.1, 0.15) is 18.9 Å². The quantitative estimate of drug-likeness (QED) is 0.716. The third-order valence-electron chi connectivity index (χ3n) is 3.46. The minimum Gasteiger partial charge on any atom is -0.268 e. The number of nitrogens with zero attached hydrogens (tertiary/aromatic N) is 2. The molecule has 0 aliphatic carbocycles. The second-order valence-electron chi connectivity index (χ2n) is 4.93. The summed E-state index contributed by atoms with van der Waals surface area (Å²) in [5, 5.41) is 7.33. The Labute approximate surface area is 129 Å². The Bertz CT molecular complexity index is 787. The maximum atomic E-state index is 5.44. The van der Waals surface area contributed by atoms with Gasteiger partial charge < -0.3 is 0 Å². The van der Waals surface area contributed by atoms with Crippen LogP contribution in [-0.2, 0) is 6.42 Å². The van der Waals surface area contributed by atoms with E-state index in [0.29, 0.717) is 4.77 Å². The fraction of sp³-hybridized carbons (Fsp3) is 0.176. The van der Waals surface area contributed by atoms with Crippen molar-refractivity contribution in [1.29, 1.82) is 0 Å². The van der Waals surface area contributed by atoms with Crippen molar-refractivity contribution in [2.24, 2.45) is 0 Å². The average Bonchev–Trinajstić information content (AvgIpc) is 2.91. The van der Waals surface area contributed by atoms with Gasteiger partial charge in [0.15, 0.2) is 10.6 Å². The summed E-state index contributed by atoms with van der Waals surface area (Å²) in [6.07, 6.45) is 2.13. The largest absolute Gasteiger partial charge is 0.268 e. The highest BCUT2D eigenvalue weighted by Gasteiger charge is 2.12. The van der Waals surface area contributed by atoms with E-state index in [4.69, 9.17) is 12.2 Å². The number of aromatic nitrogens is 3. The summed E-state index contributed by atoms with van der Waals surface area (Å²) in [5.41, 5.74) is 3.45. The molecule has 1 N–H and O–H groups in total. The Morgan fingerprint density at radius 3 is 2.52 bits per heavy atom. The average molecular weight is 295 g/mol. The second-order valence-corrected chi connectivity index (χ2v) is 5.32. The number of aryl methyl sites for hydroxylation is 1. The van der Waals surface area contributed by atoms with Crippen molar-refractivity contribution in [3.8, 4) is 17.1 Å². The van der Waals surface area contributed by atoms with Crippen LogP contribution in [0.15, 0.2) is 54.6 Å². The van der Waals surface area contributed by atoms with Gasteiger partial charge in [0.1, 0.15) is 0 Å². The summed E-state index contributed by atoms with van der Waals surface area (Å²) >= 11 is 5.44. The van der Waals surface area contributed by atoms with Crippen molar-refractivity contribution in [1.82, 2.24) is 14.8 Å². The molecule has 0 aliphatic rings. The molecule has 4 heteroatoms. The summed E-state index contributed by atoms with van der Waals surface area (Å²) in [4.78, 5) is 0. The van der Waals surface area contributed by atoms with Crippen LogP contribution >= 0.6 is 12.2 Å². The van der Waals surface area contributed by atoms with Crippen LogP contribution in [0.5, 0.6) is 0 Å². The maximum Gasteiger partial charge on any atom is 0.200 e. The maximum absolute atomic E-state index is 5.44. The molecular formula is C17H17N3S. The van der Waals surface area contributed by atoms with Gasteiger partial charge in [-0.2, -0.15) is 5.10 Å². The standard InChI is InChI=1S/C17H17N3S/c1-2-8-13-9-6-7-12-15(13)20-16(18-19-17(20)21)14-10-4-3-5-11-14/h3-7,9-12H,2,8H2,1H3,(H,19,21). The van der Waals surface area contributed by atoms with Crippen molar-refractivity contribution >= 4 is 12.2 Å². The van der Waals surface area contributed by atoms with Crippen LogP contribution in [0.2, 0.25) is 0 Å². The lowest BCUT2D eigenvalue weighted by atomic mass is 10.1. The van der Waals surface area contributed by atoms with Crippen molar-refractivity contribution in [2.45, 2.75) is 19.8 Å². The Balaban J connectivity index is 2.20. The van der Waals surface area contributed by atoms with Gasteiger partial charge in [-0.3, -0.25) is 9.67 Å². The first kappa shape index (κ1) is 13.8. The SMILES string of the molecule is CCCc1ccccc1-n1c(-c2ccccc2)n[nH]c1=S. The van der Waals surface area contributed by atoms with Gasteiger partial charge in [0.2, 0.25) is 0 Å². The van der Waals surface area contributed by atoms with Crippen LogP contribution in [0, 0.1) is 4.77 Å². The first-order valence-corrected chi connectivity index (χ1v) is 7.53. The van der Waals surface area contributed by atoms with E-state index in [1.165, 1.54) is 5.56 Å². The van der Waals surface area contributed by atoms with E-state index in [1.807, 2.05) is 41.0 Å². The van der Waals surface area contributed by atoms with Crippen molar-refractivity contribution < 1.29 is 0 Å². The molecule has 1 heterocycles. The van der Waals surface area contributed by atoms with Gasteiger partial charge in [-0.05, 0) is 30.3 Å². The number of nitrogens with one attached hydrogen (secondary N) is 1. The molecule has 3 aromatic rings. The summed E-state index contributed by atoms with van der Waals surface area (Å²) in [7, 11) is 0. The lowest BCUT2D eigenvalue weighted by Crippen LogP contribution is -2.02. The molecule has 0 saturated heterocycles. The van der Waals surface area contributed by atoms with Gasteiger partial charge in [0.25, 0.3) is 0 Å². The zero-order chi connectivity index (χ0) is 14.7. The summed E-state index contributed by atoms with van der Waals surface area (Å²) in [5.74, 6) is 0.851. The van der Waals surface area contributed by atoms with Gasteiger partial charge in [-0.15, -0.1) is 0 Å². The summed E-state index contributed by atoms with van der Waals surface area (Å²) in [6, 6.07) is 18.5. The number of hydrogen-bond acceptors (Lipinski definition) is 2.